The highest BCUT2D eigenvalue weighted by Gasteiger charge is 2.25. The van der Waals surface area contributed by atoms with Crippen LogP contribution in [0.1, 0.15) is 72.8 Å². The Morgan fingerprint density at radius 2 is 1.53 bits per heavy atom. The third kappa shape index (κ3) is 10.7. The van der Waals surface area contributed by atoms with E-state index in [2.05, 4.69) is 27.0 Å². The van der Waals surface area contributed by atoms with Crippen molar-refractivity contribution in [1.29, 1.82) is 0 Å². The van der Waals surface area contributed by atoms with Crippen molar-refractivity contribution in [1.82, 2.24) is 16.0 Å². The molecule has 8 heteroatoms. The van der Waals surface area contributed by atoms with Gasteiger partial charge in [-0.2, -0.15) is 0 Å². The Morgan fingerprint density at radius 1 is 0.969 bits per heavy atom. The van der Waals surface area contributed by atoms with Crippen LogP contribution in [0.5, 0.6) is 5.75 Å². The average Bonchev–Trinajstić information content (AvgIpc) is 2.64. The number of amides is 1. The van der Waals surface area contributed by atoms with E-state index in [4.69, 9.17) is 9.47 Å². The molecular formula is C24H41IN4O3. The number of hydrogen-bond donors (Lipinski definition) is 3. The Bertz CT molecular complexity index is 748. The average molecular weight is 561 g/mol. The molecule has 2 rings (SSSR count). The molecule has 182 valence electrons. The molecule has 0 spiro atoms. The van der Waals surface area contributed by atoms with Gasteiger partial charge in [0.1, 0.15) is 17.0 Å². The summed E-state index contributed by atoms with van der Waals surface area (Å²) in [5.74, 6) is 1.65. The normalized spacial score (nSPS) is 19.4. The van der Waals surface area contributed by atoms with Gasteiger partial charge in [-0.25, -0.2) is 4.79 Å². The standard InChI is InChI=1S/C24H40N4O3.HI/c1-23(2,3)30-20-11-9-8-10-17(20)16-26-21(25-7)27-18-12-14-19(15-13-18)28-22(29)31-24(4,5)6;/h8-11,18-19H,12-16H2,1-7H3,(H,28,29)(H2,25,26,27);1H. The van der Waals surface area contributed by atoms with Gasteiger partial charge >= 0.3 is 6.09 Å². The van der Waals surface area contributed by atoms with Crippen LogP contribution in [0.4, 0.5) is 4.79 Å². The van der Waals surface area contributed by atoms with Gasteiger partial charge in [-0.05, 0) is 73.3 Å². The zero-order valence-corrected chi connectivity index (χ0v) is 22.9. The number of ether oxygens (including phenoxy) is 2. The van der Waals surface area contributed by atoms with E-state index < -0.39 is 5.60 Å². The quantitative estimate of drug-likeness (QED) is 0.269. The smallest absolute Gasteiger partial charge is 0.407 e. The SMILES string of the molecule is CN=C(NCc1ccccc1OC(C)(C)C)NC1CCC(NC(=O)OC(C)(C)C)CC1.I. The first-order chi connectivity index (χ1) is 14.4. The molecule has 3 N–H and O–H groups in total. The second-order valence-electron chi connectivity index (χ2n) is 10.1. The Hall–Kier alpha value is -1.71. The minimum absolute atomic E-state index is 0. The van der Waals surface area contributed by atoms with Crippen molar-refractivity contribution < 1.29 is 14.3 Å². The van der Waals surface area contributed by atoms with Gasteiger partial charge in [-0.1, -0.05) is 18.2 Å². The summed E-state index contributed by atoms with van der Waals surface area (Å²) in [5, 5.41) is 9.89. The number of carbonyl (C=O) groups excluding carboxylic acids is 1. The lowest BCUT2D eigenvalue weighted by molar-refractivity contribution is 0.0490. The van der Waals surface area contributed by atoms with Crippen LogP contribution in [-0.4, -0.2) is 42.4 Å². The molecule has 1 aliphatic rings. The van der Waals surface area contributed by atoms with Gasteiger partial charge in [-0.15, -0.1) is 24.0 Å². The second-order valence-corrected chi connectivity index (χ2v) is 10.1. The van der Waals surface area contributed by atoms with Gasteiger partial charge in [0, 0.05) is 31.2 Å². The van der Waals surface area contributed by atoms with E-state index in [9.17, 15) is 4.79 Å². The molecular weight excluding hydrogens is 519 g/mol. The molecule has 7 nitrogen and oxygen atoms in total. The first-order valence-electron chi connectivity index (χ1n) is 11.2. The second kappa shape index (κ2) is 12.5. The molecule has 1 saturated carbocycles. The minimum atomic E-state index is -0.475. The van der Waals surface area contributed by atoms with Crippen LogP contribution in [0.3, 0.4) is 0 Å². The predicted molar refractivity (Wildman–Crippen MR) is 141 cm³/mol. The van der Waals surface area contributed by atoms with Gasteiger partial charge in [0.05, 0.1) is 0 Å². The highest BCUT2D eigenvalue weighted by atomic mass is 127. The van der Waals surface area contributed by atoms with Crippen molar-refractivity contribution in [2.75, 3.05) is 7.05 Å². The van der Waals surface area contributed by atoms with Crippen molar-refractivity contribution in [3.63, 3.8) is 0 Å². The number of benzene rings is 1. The summed E-state index contributed by atoms with van der Waals surface area (Å²) in [7, 11) is 1.78. The molecule has 1 aromatic carbocycles. The van der Waals surface area contributed by atoms with Crippen LogP contribution < -0.4 is 20.7 Å². The van der Waals surface area contributed by atoms with Gasteiger partial charge in [-0.3, -0.25) is 4.99 Å². The molecule has 0 aliphatic heterocycles. The van der Waals surface area contributed by atoms with Crippen molar-refractivity contribution in [3.05, 3.63) is 29.8 Å². The molecule has 0 heterocycles. The van der Waals surface area contributed by atoms with E-state index in [1.807, 2.05) is 59.7 Å². The van der Waals surface area contributed by atoms with E-state index >= 15 is 0 Å². The Morgan fingerprint density at radius 3 is 2.06 bits per heavy atom. The third-order valence-electron chi connectivity index (χ3n) is 4.85. The first kappa shape index (κ1) is 28.3. The van der Waals surface area contributed by atoms with Crippen molar-refractivity contribution in [3.8, 4) is 5.75 Å². The van der Waals surface area contributed by atoms with Crippen LogP contribution in [-0.2, 0) is 11.3 Å². The Kier molecular flexibility index (Phi) is 11.1. The number of rotatable bonds is 5. The molecule has 1 fully saturated rings. The number of carbonyl (C=O) groups is 1. The topological polar surface area (TPSA) is 84.0 Å². The fourth-order valence-corrected chi connectivity index (χ4v) is 3.50. The number of hydrogen-bond acceptors (Lipinski definition) is 4. The number of para-hydroxylation sites is 1. The number of nitrogens with zero attached hydrogens (tertiary/aromatic N) is 1. The van der Waals surface area contributed by atoms with E-state index in [1.54, 1.807) is 7.05 Å². The van der Waals surface area contributed by atoms with Gasteiger partial charge in [0.15, 0.2) is 5.96 Å². The molecule has 0 atom stereocenters. The summed E-state index contributed by atoms with van der Waals surface area (Å²) >= 11 is 0. The van der Waals surface area contributed by atoms with Crippen LogP contribution in [0.15, 0.2) is 29.3 Å². The largest absolute Gasteiger partial charge is 0.488 e. The molecule has 0 saturated heterocycles. The maximum Gasteiger partial charge on any atom is 0.407 e. The molecule has 32 heavy (non-hydrogen) atoms. The maximum absolute atomic E-state index is 12.0. The van der Waals surface area contributed by atoms with Gasteiger partial charge in [0.2, 0.25) is 0 Å². The number of guanidine groups is 1. The molecule has 1 amide bonds. The van der Waals surface area contributed by atoms with E-state index in [-0.39, 0.29) is 41.7 Å². The fourth-order valence-electron chi connectivity index (χ4n) is 3.50. The lowest BCUT2D eigenvalue weighted by Gasteiger charge is -2.31. The van der Waals surface area contributed by atoms with Crippen LogP contribution in [0.25, 0.3) is 0 Å². The highest BCUT2D eigenvalue weighted by Crippen LogP contribution is 2.23. The van der Waals surface area contributed by atoms with E-state index in [1.165, 1.54) is 0 Å². The molecule has 0 unspecified atom stereocenters. The Balaban J connectivity index is 0.00000512. The molecule has 1 aliphatic carbocycles. The monoisotopic (exact) mass is 560 g/mol. The first-order valence-corrected chi connectivity index (χ1v) is 11.2. The van der Waals surface area contributed by atoms with Crippen LogP contribution in [0.2, 0.25) is 0 Å². The summed E-state index contributed by atoms with van der Waals surface area (Å²) in [5.41, 5.74) is 0.366. The van der Waals surface area contributed by atoms with Crippen molar-refractivity contribution >= 4 is 36.0 Å². The lowest BCUT2D eigenvalue weighted by Crippen LogP contribution is -2.48. The molecule has 0 bridgehead atoms. The highest BCUT2D eigenvalue weighted by molar-refractivity contribution is 14.0. The van der Waals surface area contributed by atoms with E-state index in [0.717, 1.165) is 43.0 Å². The van der Waals surface area contributed by atoms with Crippen LogP contribution in [0, 0.1) is 0 Å². The number of halogens is 1. The number of alkyl carbamates (subject to hydrolysis) is 1. The lowest BCUT2D eigenvalue weighted by atomic mass is 9.91. The number of aliphatic imine (C=N–C) groups is 1. The summed E-state index contributed by atoms with van der Waals surface area (Å²) in [4.78, 5) is 16.4. The molecule has 1 aromatic rings. The third-order valence-corrected chi connectivity index (χ3v) is 4.85. The predicted octanol–water partition coefficient (Wildman–Crippen LogP) is 4.98. The zero-order chi connectivity index (χ0) is 23.1. The van der Waals surface area contributed by atoms with E-state index in [0.29, 0.717) is 12.6 Å². The molecule has 0 aromatic heterocycles. The molecule has 0 radical (unpaired) electrons. The fraction of sp³-hybridized carbons (Fsp3) is 0.667. The summed E-state index contributed by atoms with van der Waals surface area (Å²) in [6.07, 6.45) is 3.42. The summed E-state index contributed by atoms with van der Waals surface area (Å²) in [6.45, 7) is 12.4. The maximum atomic E-state index is 12.0. The van der Waals surface area contributed by atoms with Crippen molar-refractivity contribution in [2.45, 2.75) is 97.1 Å². The summed E-state index contributed by atoms with van der Waals surface area (Å²) < 4.78 is 11.4. The van der Waals surface area contributed by atoms with Gasteiger partial charge < -0.3 is 25.4 Å². The zero-order valence-electron chi connectivity index (χ0n) is 20.6. The summed E-state index contributed by atoms with van der Waals surface area (Å²) in [6, 6.07) is 8.54. The Labute approximate surface area is 210 Å². The number of nitrogens with one attached hydrogen (secondary N) is 3. The van der Waals surface area contributed by atoms with Crippen molar-refractivity contribution in [2.24, 2.45) is 4.99 Å². The minimum Gasteiger partial charge on any atom is -0.488 e. The van der Waals surface area contributed by atoms with Gasteiger partial charge in [0.25, 0.3) is 0 Å². The van der Waals surface area contributed by atoms with Crippen LogP contribution >= 0.6 is 24.0 Å².